The van der Waals surface area contributed by atoms with E-state index in [9.17, 15) is 0 Å². The van der Waals surface area contributed by atoms with Crippen molar-refractivity contribution in [2.45, 2.75) is 46.0 Å². The number of thiocarbonyl (C=S) groups is 1. The first-order valence-electron chi connectivity index (χ1n) is 12.8. The van der Waals surface area contributed by atoms with Gasteiger partial charge in [-0.1, -0.05) is 26.7 Å². The summed E-state index contributed by atoms with van der Waals surface area (Å²) in [5.74, 6) is 3.98. The van der Waals surface area contributed by atoms with E-state index in [2.05, 4.69) is 45.2 Å². The van der Waals surface area contributed by atoms with Crippen molar-refractivity contribution in [1.29, 1.82) is 0 Å². The molecule has 0 saturated carbocycles. The van der Waals surface area contributed by atoms with Gasteiger partial charge in [0.25, 0.3) is 0 Å². The number of anilines is 3. The lowest BCUT2D eigenvalue weighted by Gasteiger charge is -2.36. The van der Waals surface area contributed by atoms with Crippen molar-refractivity contribution in [3.8, 4) is 0 Å². The molecule has 0 aliphatic carbocycles. The fraction of sp³-hybridized carbons (Fsp3) is 0.792. The first-order valence-corrected chi connectivity index (χ1v) is 13.2. The third kappa shape index (κ3) is 7.39. The fourth-order valence-electron chi connectivity index (χ4n) is 5.25. The Morgan fingerprint density at radius 1 is 0.970 bits per heavy atom. The van der Waals surface area contributed by atoms with Gasteiger partial charge in [0.2, 0.25) is 5.95 Å². The second-order valence-corrected chi connectivity index (χ2v) is 10.4. The maximum absolute atomic E-state index is 5.59. The molecule has 0 spiro atoms. The predicted octanol–water partition coefficient (Wildman–Crippen LogP) is 2.96. The van der Waals surface area contributed by atoms with Crippen molar-refractivity contribution in [2.24, 2.45) is 11.8 Å². The summed E-state index contributed by atoms with van der Waals surface area (Å²) in [5, 5.41) is 7.20. The number of aromatic nitrogens is 2. The highest BCUT2D eigenvalue weighted by Crippen LogP contribution is 2.29. The summed E-state index contributed by atoms with van der Waals surface area (Å²) in [6, 6.07) is 2.19. The van der Waals surface area contributed by atoms with E-state index in [0.717, 1.165) is 77.2 Å². The van der Waals surface area contributed by atoms with Gasteiger partial charge in [-0.3, -0.25) is 4.90 Å². The number of ether oxygens (including phenoxy) is 1. The van der Waals surface area contributed by atoms with Gasteiger partial charge in [-0.2, -0.15) is 9.97 Å². The molecule has 8 nitrogen and oxygen atoms in total. The average Bonchev–Trinajstić information content (AvgIpc) is 3.09. The molecule has 0 amide bonds. The van der Waals surface area contributed by atoms with Crippen molar-refractivity contribution in [3.63, 3.8) is 0 Å². The molecule has 3 aliphatic rings. The van der Waals surface area contributed by atoms with E-state index in [1.165, 1.54) is 32.1 Å². The van der Waals surface area contributed by atoms with Gasteiger partial charge in [-0.25, -0.2) is 0 Å². The highest BCUT2D eigenvalue weighted by atomic mass is 32.1. The van der Waals surface area contributed by atoms with Gasteiger partial charge in [0, 0.05) is 58.4 Å². The number of hydrogen-bond donors (Lipinski definition) is 2. The van der Waals surface area contributed by atoms with Crippen molar-refractivity contribution in [1.82, 2.24) is 20.2 Å². The molecule has 3 fully saturated rings. The summed E-state index contributed by atoms with van der Waals surface area (Å²) < 4.78 is 5.42. The van der Waals surface area contributed by atoms with Gasteiger partial charge in [0.15, 0.2) is 5.11 Å². The van der Waals surface area contributed by atoms with Crippen LogP contribution < -0.4 is 20.4 Å². The van der Waals surface area contributed by atoms with E-state index >= 15 is 0 Å². The summed E-state index contributed by atoms with van der Waals surface area (Å²) in [6.07, 6.45) is 6.33. The molecule has 0 bridgehead atoms. The minimum atomic E-state index is 0.586. The Bertz CT molecular complexity index is 755. The van der Waals surface area contributed by atoms with Gasteiger partial charge in [-0.05, 0) is 43.3 Å². The van der Waals surface area contributed by atoms with E-state index in [1.807, 2.05) is 0 Å². The normalized spacial score (nSPS) is 24.9. The molecule has 0 aromatic carbocycles. The number of morpholine rings is 1. The lowest BCUT2D eigenvalue weighted by Crippen LogP contribution is -2.42. The first-order chi connectivity index (χ1) is 16.1. The molecule has 184 valence electrons. The summed E-state index contributed by atoms with van der Waals surface area (Å²) in [4.78, 5) is 17.1. The van der Waals surface area contributed by atoms with Crippen molar-refractivity contribution < 1.29 is 4.74 Å². The largest absolute Gasteiger partial charge is 0.379 e. The van der Waals surface area contributed by atoms with Crippen LogP contribution in [-0.2, 0) is 4.74 Å². The summed E-state index contributed by atoms with van der Waals surface area (Å²) in [5.41, 5.74) is 0. The zero-order valence-corrected chi connectivity index (χ0v) is 21.2. The molecule has 3 aliphatic heterocycles. The number of nitrogens with one attached hydrogen (secondary N) is 2. The fourth-order valence-corrected chi connectivity index (χ4v) is 5.44. The molecule has 1 aromatic rings. The van der Waals surface area contributed by atoms with Crippen molar-refractivity contribution in [2.75, 3.05) is 80.7 Å². The van der Waals surface area contributed by atoms with Crippen molar-refractivity contribution in [3.05, 3.63) is 6.07 Å². The average molecular weight is 476 g/mol. The number of hydrogen-bond acceptors (Lipinski definition) is 7. The van der Waals surface area contributed by atoms with Crippen LogP contribution in [0.1, 0.15) is 46.0 Å². The summed E-state index contributed by atoms with van der Waals surface area (Å²) >= 11 is 5.59. The standard InChI is InChI=1S/C24H41N7OS/c1-19-15-20(2)18-31(17-19)22-16-21(30-8-5-3-4-6-9-30)26-23(27-22)28-24(33)25-7-10-29-11-13-32-14-12-29/h16,19-20H,3-15,17-18H2,1-2H3,(H2,25,26,27,28,33)/t19-,20-/m1/s1. The van der Waals surface area contributed by atoms with Crippen LogP contribution in [0.25, 0.3) is 0 Å². The van der Waals surface area contributed by atoms with Crippen LogP contribution in [0.15, 0.2) is 6.07 Å². The van der Waals surface area contributed by atoms with E-state index in [1.54, 1.807) is 0 Å². The molecular formula is C24H41N7OS. The van der Waals surface area contributed by atoms with E-state index in [4.69, 9.17) is 26.9 Å². The second-order valence-electron chi connectivity index (χ2n) is 10.00. The number of rotatable bonds is 6. The van der Waals surface area contributed by atoms with E-state index in [-0.39, 0.29) is 0 Å². The summed E-state index contributed by atoms with van der Waals surface area (Å²) in [6.45, 7) is 14.2. The molecule has 2 atom stereocenters. The Balaban J connectivity index is 1.44. The molecule has 0 unspecified atom stereocenters. The maximum Gasteiger partial charge on any atom is 0.232 e. The van der Waals surface area contributed by atoms with Crippen LogP contribution in [0.5, 0.6) is 0 Å². The maximum atomic E-state index is 5.59. The quantitative estimate of drug-likeness (QED) is 0.604. The smallest absolute Gasteiger partial charge is 0.232 e. The highest BCUT2D eigenvalue weighted by Gasteiger charge is 2.25. The molecule has 4 rings (SSSR count). The van der Waals surface area contributed by atoms with Crippen molar-refractivity contribution >= 4 is 34.9 Å². The molecule has 2 N–H and O–H groups in total. The Labute approximate surface area is 204 Å². The number of nitrogens with zero attached hydrogens (tertiary/aromatic N) is 5. The van der Waals surface area contributed by atoms with Gasteiger partial charge in [-0.15, -0.1) is 0 Å². The zero-order chi connectivity index (χ0) is 23.0. The molecule has 0 radical (unpaired) electrons. The van der Waals surface area contributed by atoms with E-state index in [0.29, 0.717) is 22.9 Å². The van der Waals surface area contributed by atoms with Crippen LogP contribution in [0.4, 0.5) is 17.6 Å². The number of piperidine rings is 1. The Morgan fingerprint density at radius 3 is 2.27 bits per heavy atom. The topological polar surface area (TPSA) is 68.8 Å². The minimum absolute atomic E-state index is 0.586. The molecule has 3 saturated heterocycles. The van der Waals surface area contributed by atoms with E-state index < -0.39 is 0 Å². The SMILES string of the molecule is C[C@@H]1C[C@@H](C)CN(c2cc(N3CCCCCC3)nc(NC(=S)NCCN3CCOCC3)n2)C1. The second kappa shape index (κ2) is 12.1. The van der Waals surface area contributed by atoms with Gasteiger partial charge >= 0.3 is 0 Å². The van der Waals surface area contributed by atoms with Gasteiger partial charge in [0.05, 0.1) is 13.2 Å². The van der Waals surface area contributed by atoms with Crippen LogP contribution in [0.3, 0.4) is 0 Å². The molecule has 33 heavy (non-hydrogen) atoms. The van der Waals surface area contributed by atoms with Crippen LogP contribution in [0, 0.1) is 11.8 Å². The highest BCUT2D eigenvalue weighted by molar-refractivity contribution is 7.80. The third-order valence-corrected chi connectivity index (χ3v) is 7.11. The molecule has 4 heterocycles. The van der Waals surface area contributed by atoms with Gasteiger partial charge < -0.3 is 25.2 Å². The van der Waals surface area contributed by atoms with Crippen LogP contribution in [0.2, 0.25) is 0 Å². The minimum Gasteiger partial charge on any atom is -0.379 e. The Morgan fingerprint density at radius 2 is 1.61 bits per heavy atom. The lowest BCUT2D eigenvalue weighted by atomic mass is 9.92. The lowest BCUT2D eigenvalue weighted by molar-refractivity contribution is 0.0389. The first kappa shape index (κ1) is 24.4. The molecule has 1 aromatic heterocycles. The van der Waals surface area contributed by atoms with Gasteiger partial charge in [0.1, 0.15) is 11.6 Å². The van der Waals surface area contributed by atoms with Crippen LogP contribution >= 0.6 is 12.2 Å². The molecular weight excluding hydrogens is 434 g/mol. The van der Waals surface area contributed by atoms with Crippen LogP contribution in [-0.4, -0.2) is 85.6 Å². The predicted molar refractivity (Wildman–Crippen MR) is 139 cm³/mol. The summed E-state index contributed by atoms with van der Waals surface area (Å²) in [7, 11) is 0. The monoisotopic (exact) mass is 475 g/mol. The zero-order valence-electron chi connectivity index (χ0n) is 20.4. The molecule has 9 heteroatoms. The Kier molecular flexibility index (Phi) is 8.97. The third-order valence-electron chi connectivity index (χ3n) is 6.86. The Hall–Kier alpha value is -1.71.